The van der Waals surface area contributed by atoms with Crippen molar-refractivity contribution in [2.75, 3.05) is 25.0 Å². The van der Waals surface area contributed by atoms with Gasteiger partial charge in [-0.15, -0.1) is 0 Å². The van der Waals surface area contributed by atoms with Crippen LogP contribution in [0.5, 0.6) is 0 Å². The molecule has 5 heteroatoms. The molecule has 1 saturated heterocycles. The molecule has 5 nitrogen and oxygen atoms in total. The van der Waals surface area contributed by atoms with Gasteiger partial charge in [0, 0.05) is 31.6 Å². The van der Waals surface area contributed by atoms with Crippen LogP contribution in [0.3, 0.4) is 0 Å². The van der Waals surface area contributed by atoms with Crippen molar-refractivity contribution in [1.82, 2.24) is 14.9 Å². The SMILES string of the molecule is Cc1ccc2c(C)nc(N3CCC[C@@H](C(=O)N(C)C(C)C)C3)nc2c1. The summed E-state index contributed by atoms with van der Waals surface area (Å²) >= 11 is 0. The molecule has 1 fully saturated rings. The number of piperidine rings is 1. The van der Waals surface area contributed by atoms with Gasteiger partial charge in [0.15, 0.2) is 0 Å². The average molecular weight is 340 g/mol. The molecule has 1 atom stereocenters. The number of aromatic nitrogens is 2. The van der Waals surface area contributed by atoms with Crippen molar-refractivity contribution in [3.05, 3.63) is 29.5 Å². The summed E-state index contributed by atoms with van der Waals surface area (Å²) in [5, 5.41) is 1.10. The third-order valence-electron chi connectivity index (χ3n) is 5.21. The molecule has 0 spiro atoms. The summed E-state index contributed by atoms with van der Waals surface area (Å²) in [7, 11) is 1.89. The van der Waals surface area contributed by atoms with E-state index in [2.05, 4.69) is 43.9 Å². The molecule has 0 saturated carbocycles. The number of nitrogens with zero attached hydrogens (tertiary/aromatic N) is 4. The Kier molecular flexibility index (Phi) is 4.93. The molecular formula is C20H28N4O. The van der Waals surface area contributed by atoms with Gasteiger partial charge in [-0.2, -0.15) is 0 Å². The van der Waals surface area contributed by atoms with E-state index in [9.17, 15) is 4.79 Å². The zero-order valence-electron chi connectivity index (χ0n) is 15.9. The van der Waals surface area contributed by atoms with Gasteiger partial charge >= 0.3 is 0 Å². The van der Waals surface area contributed by atoms with Crippen LogP contribution in [-0.4, -0.2) is 47.0 Å². The van der Waals surface area contributed by atoms with E-state index in [1.54, 1.807) is 0 Å². The van der Waals surface area contributed by atoms with Gasteiger partial charge in [0.25, 0.3) is 0 Å². The lowest BCUT2D eigenvalue weighted by Crippen LogP contribution is -2.46. The van der Waals surface area contributed by atoms with E-state index in [-0.39, 0.29) is 17.9 Å². The van der Waals surface area contributed by atoms with Crippen LogP contribution in [0.1, 0.15) is 37.9 Å². The summed E-state index contributed by atoms with van der Waals surface area (Å²) in [5.41, 5.74) is 3.17. The van der Waals surface area contributed by atoms with Crippen LogP contribution in [0.4, 0.5) is 5.95 Å². The van der Waals surface area contributed by atoms with Crippen molar-refractivity contribution in [3.8, 4) is 0 Å². The Morgan fingerprint density at radius 1 is 1.28 bits per heavy atom. The number of aryl methyl sites for hydroxylation is 2. The van der Waals surface area contributed by atoms with Crippen molar-refractivity contribution in [2.24, 2.45) is 5.92 Å². The largest absolute Gasteiger partial charge is 0.343 e. The molecule has 1 amide bonds. The summed E-state index contributed by atoms with van der Waals surface area (Å²) in [5.74, 6) is 1.01. The molecule has 134 valence electrons. The number of hydrogen-bond acceptors (Lipinski definition) is 4. The van der Waals surface area contributed by atoms with E-state index >= 15 is 0 Å². The Balaban J connectivity index is 1.86. The normalized spacial score (nSPS) is 18.0. The Morgan fingerprint density at radius 3 is 2.76 bits per heavy atom. The van der Waals surface area contributed by atoms with E-state index in [4.69, 9.17) is 9.97 Å². The van der Waals surface area contributed by atoms with Gasteiger partial charge in [0.1, 0.15) is 0 Å². The van der Waals surface area contributed by atoms with E-state index in [1.165, 1.54) is 5.56 Å². The third-order valence-corrected chi connectivity index (χ3v) is 5.21. The van der Waals surface area contributed by atoms with Gasteiger partial charge in [-0.05, 0) is 52.2 Å². The molecule has 1 aromatic heterocycles. The molecule has 1 aromatic carbocycles. The maximum atomic E-state index is 12.7. The molecule has 0 unspecified atom stereocenters. The minimum atomic E-state index is 0.0262. The number of amides is 1. The number of fused-ring (bicyclic) bond motifs is 1. The monoisotopic (exact) mass is 340 g/mol. The molecule has 3 rings (SSSR count). The summed E-state index contributed by atoms with van der Waals surface area (Å²) in [4.78, 5) is 26.2. The topological polar surface area (TPSA) is 49.3 Å². The van der Waals surface area contributed by atoms with Gasteiger partial charge in [-0.1, -0.05) is 12.1 Å². The fraction of sp³-hybridized carbons (Fsp3) is 0.550. The highest BCUT2D eigenvalue weighted by Gasteiger charge is 2.30. The third kappa shape index (κ3) is 3.60. The second-order valence-corrected chi connectivity index (χ2v) is 7.46. The smallest absolute Gasteiger partial charge is 0.227 e. The molecule has 0 N–H and O–H groups in total. The van der Waals surface area contributed by atoms with Crippen LogP contribution < -0.4 is 4.90 Å². The maximum absolute atomic E-state index is 12.7. The maximum Gasteiger partial charge on any atom is 0.227 e. The minimum absolute atomic E-state index is 0.0262. The van der Waals surface area contributed by atoms with Crippen LogP contribution in [0.15, 0.2) is 18.2 Å². The Bertz CT molecular complexity index is 787. The van der Waals surface area contributed by atoms with Crippen LogP contribution in [-0.2, 0) is 4.79 Å². The molecule has 1 aliphatic rings. The number of benzene rings is 1. The molecule has 2 aromatic rings. The van der Waals surface area contributed by atoms with Gasteiger partial charge in [-0.3, -0.25) is 4.79 Å². The Hall–Kier alpha value is -2.17. The van der Waals surface area contributed by atoms with Crippen molar-refractivity contribution < 1.29 is 4.79 Å². The lowest BCUT2D eigenvalue weighted by molar-refractivity contribution is -0.135. The fourth-order valence-electron chi connectivity index (χ4n) is 3.43. The van der Waals surface area contributed by atoms with Crippen LogP contribution in [0, 0.1) is 19.8 Å². The molecule has 1 aliphatic heterocycles. The zero-order chi connectivity index (χ0) is 18.1. The first-order valence-electron chi connectivity index (χ1n) is 9.13. The number of carbonyl (C=O) groups is 1. The first kappa shape index (κ1) is 17.6. The molecule has 0 aliphatic carbocycles. The van der Waals surface area contributed by atoms with Crippen LogP contribution in [0.2, 0.25) is 0 Å². The van der Waals surface area contributed by atoms with E-state index in [0.717, 1.165) is 41.9 Å². The predicted molar refractivity (Wildman–Crippen MR) is 102 cm³/mol. The van der Waals surface area contributed by atoms with Gasteiger partial charge in [0.05, 0.1) is 17.1 Å². The Morgan fingerprint density at radius 2 is 2.04 bits per heavy atom. The van der Waals surface area contributed by atoms with E-state index < -0.39 is 0 Å². The van der Waals surface area contributed by atoms with E-state index in [1.807, 2.05) is 18.9 Å². The average Bonchev–Trinajstić information content (AvgIpc) is 2.60. The number of anilines is 1. The molecule has 2 heterocycles. The quantitative estimate of drug-likeness (QED) is 0.860. The summed E-state index contributed by atoms with van der Waals surface area (Å²) < 4.78 is 0. The minimum Gasteiger partial charge on any atom is -0.343 e. The van der Waals surface area contributed by atoms with Crippen molar-refractivity contribution in [2.45, 2.75) is 46.6 Å². The molecule has 0 bridgehead atoms. The number of hydrogen-bond donors (Lipinski definition) is 0. The standard InChI is InChI=1S/C20H28N4O/c1-13(2)23(5)19(25)16-7-6-10-24(12-16)20-21-15(4)17-9-8-14(3)11-18(17)22-20/h8-9,11,13,16H,6-7,10,12H2,1-5H3/t16-/m1/s1. The first-order valence-corrected chi connectivity index (χ1v) is 9.13. The number of rotatable bonds is 3. The Labute approximate surface area is 150 Å². The summed E-state index contributed by atoms with van der Waals surface area (Å²) in [6.07, 6.45) is 1.94. The van der Waals surface area contributed by atoms with Crippen LogP contribution in [0.25, 0.3) is 10.9 Å². The van der Waals surface area contributed by atoms with Crippen molar-refractivity contribution in [3.63, 3.8) is 0 Å². The lowest BCUT2D eigenvalue weighted by Gasteiger charge is -2.35. The van der Waals surface area contributed by atoms with Gasteiger partial charge < -0.3 is 9.80 Å². The molecule has 25 heavy (non-hydrogen) atoms. The van der Waals surface area contributed by atoms with Crippen molar-refractivity contribution in [1.29, 1.82) is 0 Å². The van der Waals surface area contributed by atoms with Gasteiger partial charge in [-0.25, -0.2) is 9.97 Å². The molecule has 0 radical (unpaired) electrons. The van der Waals surface area contributed by atoms with Gasteiger partial charge in [0.2, 0.25) is 11.9 Å². The van der Waals surface area contributed by atoms with Crippen molar-refractivity contribution >= 4 is 22.8 Å². The predicted octanol–water partition coefficient (Wildman–Crippen LogP) is 3.33. The molecular weight excluding hydrogens is 312 g/mol. The fourth-order valence-corrected chi connectivity index (χ4v) is 3.43. The highest BCUT2D eigenvalue weighted by Crippen LogP contribution is 2.25. The lowest BCUT2D eigenvalue weighted by atomic mass is 9.96. The summed E-state index contributed by atoms with van der Waals surface area (Å²) in [6.45, 7) is 9.82. The zero-order valence-corrected chi connectivity index (χ0v) is 15.9. The first-order chi connectivity index (χ1) is 11.9. The second kappa shape index (κ2) is 6.98. The summed E-state index contributed by atoms with van der Waals surface area (Å²) in [6, 6.07) is 6.51. The highest BCUT2D eigenvalue weighted by atomic mass is 16.2. The number of carbonyl (C=O) groups excluding carboxylic acids is 1. The second-order valence-electron chi connectivity index (χ2n) is 7.46. The van der Waals surface area contributed by atoms with Crippen LogP contribution >= 0.6 is 0 Å². The van der Waals surface area contributed by atoms with E-state index in [0.29, 0.717) is 6.54 Å². The highest BCUT2D eigenvalue weighted by molar-refractivity contribution is 5.83.